The van der Waals surface area contributed by atoms with E-state index in [2.05, 4.69) is 4.98 Å². The molecule has 0 amide bonds. The number of nitrogens with zero attached hydrogens (tertiary/aromatic N) is 2. The monoisotopic (exact) mass is 428 g/mol. The SMILES string of the molecule is Cn1ccnc1C(F)(F)C(F)(F)C(F)(F)C(F)(F)C(F)(F)CCC(F)(F)F. The number of aromatic nitrogens is 2. The molecule has 15 heteroatoms. The molecule has 0 aliphatic rings. The Kier molecular flexibility index (Phi) is 5.56. The first kappa shape index (κ1) is 23.3. The lowest BCUT2D eigenvalue weighted by atomic mass is 9.92. The van der Waals surface area contributed by atoms with E-state index in [-0.39, 0.29) is 4.57 Å². The summed E-state index contributed by atoms with van der Waals surface area (Å²) in [6.07, 6.45) is -10.3. The number of rotatable bonds is 7. The summed E-state index contributed by atoms with van der Waals surface area (Å²) in [7, 11) is 0.598. The maximum Gasteiger partial charge on any atom is 0.389 e. The first-order valence-electron chi connectivity index (χ1n) is 6.66. The van der Waals surface area contributed by atoms with Crippen molar-refractivity contribution >= 4 is 0 Å². The Morgan fingerprint density at radius 3 is 1.59 bits per heavy atom. The van der Waals surface area contributed by atoms with Crippen LogP contribution in [0.1, 0.15) is 18.7 Å². The summed E-state index contributed by atoms with van der Waals surface area (Å²) in [5, 5.41) is 0. The lowest BCUT2D eigenvalue weighted by molar-refractivity contribution is -0.407. The van der Waals surface area contributed by atoms with Gasteiger partial charge in [-0.2, -0.15) is 57.1 Å². The van der Waals surface area contributed by atoms with Crippen LogP contribution in [-0.4, -0.2) is 39.4 Å². The summed E-state index contributed by atoms with van der Waals surface area (Å²) in [6.45, 7) is 0. The van der Waals surface area contributed by atoms with Crippen molar-refractivity contribution in [1.82, 2.24) is 9.55 Å². The van der Waals surface area contributed by atoms with Crippen molar-refractivity contribution in [2.24, 2.45) is 7.05 Å². The molecule has 0 saturated heterocycles. The molecule has 158 valence electrons. The molecule has 0 fully saturated rings. The summed E-state index contributed by atoms with van der Waals surface area (Å²) in [5.41, 5.74) is 0. The van der Waals surface area contributed by atoms with Crippen molar-refractivity contribution in [3.8, 4) is 0 Å². The number of halogens is 13. The Balaban J connectivity index is 3.37. The van der Waals surface area contributed by atoms with Gasteiger partial charge in [0.05, 0.1) is 0 Å². The summed E-state index contributed by atoms with van der Waals surface area (Å²) in [5.74, 6) is -36.5. The van der Waals surface area contributed by atoms with Gasteiger partial charge < -0.3 is 4.57 Å². The van der Waals surface area contributed by atoms with Gasteiger partial charge >= 0.3 is 35.8 Å². The fourth-order valence-electron chi connectivity index (χ4n) is 1.89. The van der Waals surface area contributed by atoms with Gasteiger partial charge in [-0.3, -0.25) is 0 Å². The number of hydrogen-bond donors (Lipinski definition) is 0. The molecule has 1 aromatic rings. The Labute approximate surface area is 142 Å². The molecule has 1 rings (SSSR count). The zero-order chi connectivity index (χ0) is 21.7. The van der Waals surface area contributed by atoms with Crippen LogP contribution in [-0.2, 0) is 13.0 Å². The van der Waals surface area contributed by atoms with Gasteiger partial charge in [-0.25, -0.2) is 4.98 Å². The van der Waals surface area contributed by atoms with Gasteiger partial charge in [0.15, 0.2) is 5.82 Å². The Morgan fingerprint density at radius 2 is 1.22 bits per heavy atom. The van der Waals surface area contributed by atoms with Crippen molar-refractivity contribution < 1.29 is 57.1 Å². The molecular formula is C12H9F13N2. The number of aryl methyl sites for hydroxylation is 1. The molecule has 0 radical (unpaired) electrons. The van der Waals surface area contributed by atoms with E-state index in [9.17, 15) is 57.1 Å². The fraction of sp³-hybridized carbons (Fsp3) is 0.750. The van der Waals surface area contributed by atoms with Crippen molar-refractivity contribution in [2.45, 2.75) is 48.6 Å². The van der Waals surface area contributed by atoms with E-state index < -0.39 is 54.5 Å². The zero-order valence-electron chi connectivity index (χ0n) is 12.9. The van der Waals surface area contributed by atoms with Crippen LogP contribution >= 0.6 is 0 Å². The Hall–Kier alpha value is -1.70. The third-order valence-corrected chi connectivity index (χ3v) is 3.47. The van der Waals surface area contributed by atoms with E-state index in [1.54, 1.807) is 0 Å². The molecule has 0 aliphatic carbocycles. The predicted octanol–water partition coefficient (Wildman–Crippen LogP) is 5.40. The second-order valence-electron chi connectivity index (χ2n) is 5.48. The lowest BCUT2D eigenvalue weighted by Gasteiger charge is -2.39. The topological polar surface area (TPSA) is 17.8 Å². The van der Waals surface area contributed by atoms with Gasteiger partial charge in [0.1, 0.15) is 0 Å². The standard InChI is InChI=1S/C12H9F13N2/c1-27-5-4-26-6(27)9(18,19)11(22,23)12(24,25)10(20,21)7(13,14)2-3-8(15,16)17/h4-5H,2-3H2,1H3. The van der Waals surface area contributed by atoms with Gasteiger partial charge in [0, 0.05) is 32.3 Å². The summed E-state index contributed by atoms with van der Waals surface area (Å²) >= 11 is 0. The fourth-order valence-corrected chi connectivity index (χ4v) is 1.89. The highest BCUT2D eigenvalue weighted by atomic mass is 19.4. The second-order valence-corrected chi connectivity index (χ2v) is 5.48. The molecule has 0 atom stereocenters. The maximum absolute atomic E-state index is 13.7. The largest absolute Gasteiger partial charge is 0.389 e. The van der Waals surface area contributed by atoms with E-state index >= 15 is 0 Å². The maximum atomic E-state index is 13.7. The smallest absolute Gasteiger partial charge is 0.333 e. The molecule has 0 unspecified atom stereocenters. The minimum Gasteiger partial charge on any atom is -0.333 e. The van der Waals surface area contributed by atoms with Crippen LogP contribution in [0.4, 0.5) is 57.1 Å². The van der Waals surface area contributed by atoms with Crippen molar-refractivity contribution in [3.05, 3.63) is 18.2 Å². The van der Waals surface area contributed by atoms with Gasteiger partial charge in [0.2, 0.25) is 0 Å². The molecule has 27 heavy (non-hydrogen) atoms. The van der Waals surface area contributed by atoms with Crippen LogP contribution < -0.4 is 0 Å². The predicted molar refractivity (Wildman–Crippen MR) is 62.2 cm³/mol. The average molecular weight is 428 g/mol. The van der Waals surface area contributed by atoms with Crippen LogP contribution in [0.15, 0.2) is 12.4 Å². The first-order valence-corrected chi connectivity index (χ1v) is 6.66. The molecule has 2 nitrogen and oxygen atoms in total. The van der Waals surface area contributed by atoms with E-state index in [4.69, 9.17) is 0 Å². The van der Waals surface area contributed by atoms with Gasteiger partial charge in [-0.15, -0.1) is 0 Å². The number of imidazole rings is 1. The molecule has 0 spiro atoms. The molecule has 0 N–H and O–H groups in total. The second kappa shape index (κ2) is 6.43. The van der Waals surface area contributed by atoms with E-state index in [1.807, 2.05) is 0 Å². The van der Waals surface area contributed by atoms with Crippen LogP contribution in [0.25, 0.3) is 0 Å². The van der Waals surface area contributed by atoms with Gasteiger partial charge in [-0.1, -0.05) is 0 Å². The van der Waals surface area contributed by atoms with Gasteiger partial charge in [-0.05, 0) is 0 Å². The summed E-state index contributed by atoms with van der Waals surface area (Å²) < 4.78 is 171. The third-order valence-electron chi connectivity index (χ3n) is 3.47. The molecule has 0 saturated carbocycles. The number of alkyl halides is 13. The summed E-state index contributed by atoms with van der Waals surface area (Å²) in [4.78, 5) is 2.60. The highest BCUT2D eigenvalue weighted by Crippen LogP contribution is 2.60. The highest BCUT2D eigenvalue weighted by Gasteiger charge is 2.86. The van der Waals surface area contributed by atoms with E-state index in [0.29, 0.717) is 19.4 Å². The molecule has 1 aromatic heterocycles. The normalized spacial score (nSPS) is 15.3. The average Bonchev–Trinajstić information content (AvgIpc) is 2.90. The van der Waals surface area contributed by atoms with Crippen LogP contribution in [0.5, 0.6) is 0 Å². The van der Waals surface area contributed by atoms with Crippen LogP contribution in [0.2, 0.25) is 0 Å². The quantitative estimate of drug-likeness (QED) is 0.533. The number of hydrogen-bond acceptors (Lipinski definition) is 1. The molecule has 0 aliphatic heterocycles. The third kappa shape index (κ3) is 3.68. The van der Waals surface area contributed by atoms with Crippen molar-refractivity contribution in [1.29, 1.82) is 0 Å². The molecule has 1 heterocycles. The minimum atomic E-state index is -7.44. The van der Waals surface area contributed by atoms with Gasteiger partial charge in [0.25, 0.3) is 0 Å². The Morgan fingerprint density at radius 1 is 0.741 bits per heavy atom. The highest BCUT2D eigenvalue weighted by molar-refractivity contribution is 5.14. The minimum absolute atomic E-state index is 0.0456. The van der Waals surface area contributed by atoms with E-state index in [0.717, 1.165) is 0 Å². The van der Waals surface area contributed by atoms with Crippen molar-refractivity contribution in [3.63, 3.8) is 0 Å². The molecule has 0 bridgehead atoms. The van der Waals surface area contributed by atoms with Crippen LogP contribution in [0.3, 0.4) is 0 Å². The van der Waals surface area contributed by atoms with Crippen molar-refractivity contribution in [2.75, 3.05) is 0 Å². The van der Waals surface area contributed by atoms with E-state index in [1.165, 1.54) is 0 Å². The summed E-state index contributed by atoms with van der Waals surface area (Å²) in [6, 6.07) is 0. The zero-order valence-corrected chi connectivity index (χ0v) is 12.9. The molecular weight excluding hydrogens is 419 g/mol. The molecule has 0 aromatic carbocycles. The van der Waals surface area contributed by atoms with Crippen LogP contribution in [0, 0.1) is 0 Å². The Bertz CT molecular complexity index is 658. The lowest BCUT2D eigenvalue weighted by Crippen LogP contribution is -2.66. The first-order chi connectivity index (χ1) is 11.7.